The number of hydrogen-bond acceptors (Lipinski definition) is 3. The van der Waals surface area contributed by atoms with Gasteiger partial charge in [-0.3, -0.25) is 4.90 Å². The van der Waals surface area contributed by atoms with Gasteiger partial charge in [0.1, 0.15) is 6.10 Å². The number of carbonyl (C=O) groups is 1. The summed E-state index contributed by atoms with van der Waals surface area (Å²) >= 11 is 0. The van der Waals surface area contributed by atoms with Gasteiger partial charge in [-0.15, -0.1) is 0 Å². The molecule has 0 aromatic heterocycles. The van der Waals surface area contributed by atoms with Gasteiger partial charge < -0.3 is 4.74 Å². The first kappa shape index (κ1) is 13.4. The number of hydrogen-bond donors (Lipinski definition) is 0. The van der Waals surface area contributed by atoms with Crippen molar-refractivity contribution in [3.05, 3.63) is 29.8 Å². The maximum atomic E-state index is 11.9. The van der Waals surface area contributed by atoms with E-state index in [-0.39, 0.29) is 24.0 Å². The Labute approximate surface area is 113 Å². The highest BCUT2D eigenvalue weighted by Gasteiger charge is 2.34. The van der Waals surface area contributed by atoms with E-state index in [2.05, 4.69) is 20.8 Å². The van der Waals surface area contributed by atoms with Gasteiger partial charge in [0.25, 0.3) is 0 Å². The van der Waals surface area contributed by atoms with Gasteiger partial charge >= 0.3 is 6.09 Å². The van der Waals surface area contributed by atoms with E-state index < -0.39 is 0 Å². The van der Waals surface area contributed by atoms with Crippen LogP contribution in [0.15, 0.2) is 24.3 Å². The molecular weight excluding hydrogens is 240 g/mol. The van der Waals surface area contributed by atoms with E-state index in [0.29, 0.717) is 6.54 Å². The minimum absolute atomic E-state index is 0.0514. The molecule has 1 amide bonds. The summed E-state index contributed by atoms with van der Waals surface area (Å²) in [5.74, 6) is 0. The third-order valence-corrected chi connectivity index (χ3v) is 3.20. The lowest BCUT2D eigenvalue weighted by Gasteiger charge is -2.26. The number of anilines is 1. The van der Waals surface area contributed by atoms with Gasteiger partial charge in [0.05, 0.1) is 24.7 Å². The summed E-state index contributed by atoms with van der Waals surface area (Å²) in [5, 5.41) is 8.69. The molecule has 1 fully saturated rings. The van der Waals surface area contributed by atoms with Gasteiger partial charge in [-0.2, -0.15) is 5.26 Å². The summed E-state index contributed by atoms with van der Waals surface area (Å²) in [7, 11) is 0. The highest BCUT2D eigenvalue weighted by Crippen LogP contribution is 2.34. The average Bonchev–Trinajstić information content (AvgIpc) is 2.70. The molecular formula is C15H18N2O2. The van der Waals surface area contributed by atoms with Crippen LogP contribution in [0.25, 0.3) is 0 Å². The normalized spacial score (nSPS) is 19.2. The summed E-state index contributed by atoms with van der Waals surface area (Å²) in [5.41, 5.74) is 1.93. The van der Waals surface area contributed by atoms with Crippen LogP contribution in [0.3, 0.4) is 0 Å². The van der Waals surface area contributed by atoms with Crippen LogP contribution in [0.5, 0.6) is 0 Å². The molecule has 4 heteroatoms. The van der Waals surface area contributed by atoms with E-state index >= 15 is 0 Å². The van der Waals surface area contributed by atoms with Crippen molar-refractivity contribution in [3.63, 3.8) is 0 Å². The van der Waals surface area contributed by atoms with Gasteiger partial charge in [-0.25, -0.2) is 4.79 Å². The topological polar surface area (TPSA) is 53.3 Å². The SMILES string of the molecule is CC(C)(C)c1ccccc1N1CC(CC#N)OC1=O. The predicted molar refractivity (Wildman–Crippen MR) is 73.0 cm³/mol. The van der Waals surface area contributed by atoms with Crippen molar-refractivity contribution in [2.24, 2.45) is 0 Å². The van der Waals surface area contributed by atoms with Crippen molar-refractivity contribution in [1.82, 2.24) is 0 Å². The Hall–Kier alpha value is -2.02. The lowest BCUT2D eigenvalue weighted by Crippen LogP contribution is -2.28. The fourth-order valence-electron chi connectivity index (χ4n) is 2.27. The molecule has 1 atom stereocenters. The zero-order valence-corrected chi connectivity index (χ0v) is 11.5. The second-order valence-electron chi connectivity index (χ2n) is 5.75. The molecule has 2 rings (SSSR count). The third kappa shape index (κ3) is 2.70. The molecule has 1 aliphatic heterocycles. The Balaban J connectivity index is 2.33. The lowest BCUT2D eigenvalue weighted by atomic mass is 9.85. The van der Waals surface area contributed by atoms with E-state index in [1.807, 2.05) is 30.3 Å². The number of para-hydroxylation sites is 1. The second kappa shape index (κ2) is 4.93. The number of rotatable bonds is 2. The van der Waals surface area contributed by atoms with Crippen molar-refractivity contribution in [2.45, 2.75) is 38.7 Å². The number of carbonyl (C=O) groups excluding carboxylic acids is 1. The Morgan fingerprint density at radius 1 is 1.42 bits per heavy atom. The van der Waals surface area contributed by atoms with Crippen molar-refractivity contribution in [3.8, 4) is 6.07 Å². The summed E-state index contributed by atoms with van der Waals surface area (Å²) in [6, 6.07) is 9.88. The molecule has 1 saturated heterocycles. The van der Waals surface area contributed by atoms with Crippen molar-refractivity contribution < 1.29 is 9.53 Å². The van der Waals surface area contributed by atoms with Crippen LogP contribution in [0, 0.1) is 11.3 Å². The van der Waals surface area contributed by atoms with E-state index in [1.165, 1.54) is 0 Å². The van der Waals surface area contributed by atoms with Crippen LogP contribution in [-0.4, -0.2) is 18.7 Å². The van der Waals surface area contributed by atoms with Crippen LogP contribution in [0.2, 0.25) is 0 Å². The first-order valence-electron chi connectivity index (χ1n) is 6.38. The molecule has 1 aliphatic rings. The molecule has 19 heavy (non-hydrogen) atoms. The molecule has 0 saturated carbocycles. The number of ether oxygens (including phenoxy) is 1. The van der Waals surface area contributed by atoms with Crippen molar-refractivity contribution >= 4 is 11.8 Å². The van der Waals surface area contributed by atoms with Gasteiger partial charge in [0, 0.05) is 0 Å². The number of amides is 1. The monoisotopic (exact) mass is 258 g/mol. The molecule has 0 radical (unpaired) electrons. The zero-order chi connectivity index (χ0) is 14.0. The van der Waals surface area contributed by atoms with E-state index in [9.17, 15) is 4.79 Å². The van der Waals surface area contributed by atoms with E-state index in [1.54, 1.807) is 4.90 Å². The van der Waals surface area contributed by atoms with Crippen molar-refractivity contribution in [1.29, 1.82) is 5.26 Å². The smallest absolute Gasteiger partial charge is 0.414 e. The van der Waals surface area contributed by atoms with Gasteiger partial charge in [0.2, 0.25) is 0 Å². The fourth-order valence-corrected chi connectivity index (χ4v) is 2.27. The number of benzene rings is 1. The minimum atomic E-state index is -0.364. The predicted octanol–water partition coefficient (Wildman–Crippen LogP) is 3.22. The number of nitriles is 1. The highest BCUT2D eigenvalue weighted by atomic mass is 16.6. The van der Waals surface area contributed by atoms with Crippen LogP contribution in [-0.2, 0) is 10.2 Å². The fraction of sp³-hybridized carbons (Fsp3) is 0.467. The number of cyclic esters (lactones) is 1. The molecule has 0 aliphatic carbocycles. The maximum Gasteiger partial charge on any atom is 0.414 e. The maximum absolute atomic E-state index is 11.9. The summed E-state index contributed by atoms with van der Waals surface area (Å²) in [4.78, 5) is 13.6. The first-order valence-corrected chi connectivity index (χ1v) is 6.38. The van der Waals surface area contributed by atoms with Gasteiger partial charge in [0.15, 0.2) is 0 Å². The zero-order valence-electron chi connectivity index (χ0n) is 11.5. The van der Waals surface area contributed by atoms with Crippen LogP contribution < -0.4 is 4.90 Å². The molecule has 1 heterocycles. The third-order valence-electron chi connectivity index (χ3n) is 3.20. The first-order chi connectivity index (χ1) is 8.93. The molecule has 0 N–H and O–H groups in total. The average molecular weight is 258 g/mol. The summed E-state index contributed by atoms with van der Waals surface area (Å²) in [6.45, 7) is 6.78. The largest absolute Gasteiger partial charge is 0.443 e. The standard InChI is InChI=1S/C15H18N2O2/c1-15(2,3)12-6-4-5-7-13(12)17-10-11(8-9-16)19-14(17)18/h4-7,11H,8,10H2,1-3H3. The molecule has 4 nitrogen and oxygen atoms in total. The molecule has 100 valence electrons. The Bertz CT molecular complexity index is 526. The second-order valence-corrected chi connectivity index (χ2v) is 5.75. The van der Waals surface area contributed by atoms with Gasteiger partial charge in [-0.05, 0) is 17.0 Å². The number of nitrogens with zero attached hydrogens (tertiary/aromatic N) is 2. The summed E-state index contributed by atoms with van der Waals surface area (Å²) < 4.78 is 5.20. The quantitative estimate of drug-likeness (QED) is 0.818. The summed E-state index contributed by atoms with van der Waals surface area (Å²) in [6.07, 6.45) is -0.456. The Kier molecular flexibility index (Phi) is 3.48. The minimum Gasteiger partial charge on any atom is -0.443 e. The Morgan fingerprint density at radius 2 is 2.11 bits per heavy atom. The van der Waals surface area contributed by atoms with E-state index in [0.717, 1.165) is 11.3 Å². The molecule has 0 spiro atoms. The molecule has 1 unspecified atom stereocenters. The van der Waals surface area contributed by atoms with E-state index in [4.69, 9.17) is 10.00 Å². The molecule has 1 aromatic rings. The molecule has 1 aromatic carbocycles. The van der Waals surface area contributed by atoms with Crippen LogP contribution >= 0.6 is 0 Å². The van der Waals surface area contributed by atoms with Crippen molar-refractivity contribution in [2.75, 3.05) is 11.4 Å². The van der Waals surface area contributed by atoms with Crippen LogP contribution in [0.1, 0.15) is 32.8 Å². The molecule has 0 bridgehead atoms. The van der Waals surface area contributed by atoms with Crippen LogP contribution in [0.4, 0.5) is 10.5 Å². The Morgan fingerprint density at radius 3 is 2.74 bits per heavy atom. The van der Waals surface area contributed by atoms with Gasteiger partial charge in [-0.1, -0.05) is 39.0 Å². The highest BCUT2D eigenvalue weighted by molar-refractivity contribution is 5.91. The lowest BCUT2D eigenvalue weighted by molar-refractivity contribution is 0.143.